The Labute approximate surface area is 125 Å². The van der Waals surface area contributed by atoms with Gasteiger partial charge in [0.1, 0.15) is 6.29 Å². The van der Waals surface area contributed by atoms with Crippen LogP contribution in [0.2, 0.25) is 0 Å². The van der Waals surface area contributed by atoms with Crippen LogP contribution in [0.25, 0.3) is 0 Å². The van der Waals surface area contributed by atoms with E-state index < -0.39 is 0 Å². The van der Waals surface area contributed by atoms with Crippen molar-refractivity contribution < 1.29 is 10.0 Å². The van der Waals surface area contributed by atoms with E-state index in [1.54, 1.807) is 0 Å². The smallest absolute Gasteiger partial charge is 0.123 e. The number of nitrogens with one attached hydrogen (secondary N) is 1. The first kappa shape index (κ1) is 21.6. The lowest BCUT2D eigenvalue weighted by Crippen LogP contribution is -2.22. The predicted molar refractivity (Wildman–Crippen MR) is 86.8 cm³/mol. The molecule has 3 atom stereocenters. The molecule has 0 aliphatic carbocycles. The van der Waals surface area contributed by atoms with Gasteiger partial charge in [0, 0.05) is 12.5 Å². The normalized spacial score (nSPS) is 14.9. The maximum absolute atomic E-state index is 11.0. The average molecular weight is 285 g/mol. The van der Waals surface area contributed by atoms with E-state index in [1.807, 2.05) is 6.08 Å². The number of hydrogen-bond donors (Lipinski definition) is 2. The third kappa shape index (κ3) is 11.2. The van der Waals surface area contributed by atoms with E-state index in [1.165, 1.54) is 0 Å². The Bertz CT molecular complexity index is 225. The van der Waals surface area contributed by atoms with Crippen LogP contribution in [0.15, 0.2) is 12.7 Å². The Morgan fingerprint density at radius 1 is 1.20 bits per heavy atom. The van der Waals surface area contributed by atoms with Crippen LogP contribution in [0, 0.1) is 23.7 Å². The first-order valence-corrected chi connectivity index (χ1v) is 7.93. The summed E-state index contributed by atoms with van der Waals surface area (Å²) in [5, 5.41) is 7.95. The van der Waals surface area contributed by atoms with Gasteiger partial charge in [-0.2, -0.15) is 0 Å². The standard InChI is InChI=1S/C13H24O.C4H11NO/c1-6-12(7-2)11(5)13(9-14)8-10(3)4;1-2-3-4-5-6/h6,9-13H,1,7-8H2,2-5H3;5-6H,2-4H2,1H3. The molecule has 0 aromatic rings. The molecule has 0 rings (SSSR count). The third-order valence-electron chi connectivity index (χ3n) is 3.69. The quantitative estimate of drug-likeness (QED) is 0.270. The lowest BCUT2D eigenvalue weighted by atomic mass is 9.78. The molecule has 0 aromatic heterocycles. The Kier molecular flexibility index (Phi) is 15.9. The highest BCUT2D eigenvalue weighted by molar-refractivity contribution is 5.54. The van der Waals surface area contributed by atoms with E-state index in [0.717, 1.165) is 38.5 Å². The van der Waals surface area contributed by atoms with Crippen molar-refractivity contribution in [2.75, 3.05) is 6.54 Å². The van der Waals surface area contributed by atoms with Gasteiger partial charge in [-0.3, -0.25) is 0 Å². The molecule has 0 aromatic carbocycles. The molecule has 0 saturated heterocycles. The van der Waals surface area contributed by atoms with Crippen molar-refractivity contribution in [3.63, 3.8) is 0 Å². The van der Waals surface area contributed by atoms with Crippen LogP contribution in [0.5, 0.6) is 0 Å². The summed E-state index contributed by atoms with van der Waals surface area (Å²) >= 11 is 0. The molecule has 3 unspecified atom stereocenters. The molecular formula is C17H35NO2. The number of aldehydes is 1. The summed E-state index contributed by atoms with van der Waals surface area (Å²) in [5.74, 6) is 1.69. The lowest BCUT2D eigenvalue weighted by molar-refractivity contribution is -0.113. The van der Waals surface area contributed by atoms with E-state index in [4.69, 9.17) is 5.21 Å². The van der Waals surface area contributed by atoms with E-state index in [0.29, 0.717) is 17.8 Å². The van der Waals surface area contributed by atoms with Crippen LogP contribution in [0.4, 0.5) is 0 Å². The number of carbonyl (C=O) groups is 1. The van der Waals surface area contributed by atoms with Crippen molar-refractivity contribution in [1.29, 1.82) is 0 Å². The number of hydroxylamine groups is 1. The zero-order valence-corrected chi connectivity index (χ0v) is 14.1. The fourth-order valence-electron chi connectivity index (χ4n) is 2.26. The second-order valence-electron chi connectivity index (χ2n) is 5.86. The van der Waals surface area contributed by atoms with E-state index in [-0.39, 0.29) is 5.92 Å². The molecule has 3 nitrogen and oxygen atoms in total. The van der Waals surface area contributed by atoms with Crippen LogP contribution in [0.3, 0.4) is 0 Å². The van der Waals surface area contributed by atoms with Crippen LogP contribution >= 0.6 is 0 Å². The molecule has 0 fully saturated rings. The minimum Gasteiger partial charge on any atom is -0.317 e. The molecule has 0 aliphatic heterocycles. The first-order valence-electron chi connectivity index (χ1n) is 7.93. The van der Waals surface area contributed by atoms with Crippen LogP contribution < -0.4 is 5.48 Å². The molecule has 0 spiro atoms. The van der Waals surface area contributed by atoms with Gasteiger partial charge in [-0.25, -0.2) is 5.48 Å². The minimum atomic E-state index is 0.193. The highest BCUT2D eigenvalue weighted by atomic mass is 16.5. The first-order chi connectivity index (χ1) is 9.48. The van der Waals surface area contributed by atoms with Gasteiger partial charge in [-0.1, -0.05) is 47.1 Å². The SMILES string of the molecule is C=CC(CC)C(C)C(C=O)CC(C)C.CCCCNO. The predicted octanol–water partition coefficient (Wildman–Crippen LogP) is 4.46. The molecule has 0 bridgehead atoms. The van der Waals surface area contributed by atoms with Gasteiger partial charge in [-0.05, 0) is 37.0 Å². The molecule has 3 heteroatoms. The summed E-state index contributed by atoms with van der Waals surface area (Å²) in [7, 11) is 0. The fourth-order valence-corrected chi connectivity index (χ4v) is 2.26. The zero-order chi connectivity index (χ0) is 16.0. The second kappa shape index (κ2) is 14.7. The molecule has 0 aliphatic rings. The molecule has 20 heavy (non-hydrogen) atoms. The van der Waals surface area contributed by atoms with Gasteiger partial charge < -0.3 is 10.0 Å². The van der Waals surface area contributed by atoms with Crippen LogP contribution in [-0.4, -0.2) is 18.0 Å². The summed E-state index contributed by atoms with van der Waals surface area (Å²) in [4.78, 5) is 11.0. The van der Waals surface area contributed by atoms with Crippen molar-refractivity contribution in [3.05, 3.63) is 12.7 Å². The largest absolute Gasteiger partial charge is 0.317 e. The van der Waals surface area contributed by atoms with Gasteiger partial charge >= 0.3 is 0 Å². The number of carbonyl (C=O) groups excluding carboxylic acids is 1. The Morgan fingerprint density at radius 3 is 2.05 bits per heavy atom. The Hall–Kier alpha value is -0.670. The maximum atomic E-state index is 11.0. The Morgan fingerprint density at radius 2 is 1.80 bits per heavy atom. The zero-order valence-electron chi connectivity index (χ0n) is 14.1. The van der Waals surface area contributed by atoms with Crippen molar-refractivity contribution in [2.45, 2.75) is 60.3 Å². The summed E-state index contributed by atoms with van der Waals surface area (Å²) in [6.07, 6.45) is 7.37. The van der Waals surface area contributed by atoms with E-state index in [9.17, 15) is 4.79 Å². The monoisotopic (exact) mass is 285 g/mol. The van der Waals surface area contributed by atoms with Gasteiger partial charge in [-0.15, -0.1) is 6.58 Å². The highest BCUT2D eigenvalue weighted by Gasteiger charge is 2.22. The topological polar surface area (TPSA) is 49.3 Å². The fraction of sp³-hybridized carbons (Fsp3) is 0.824. The number of rotatable bonds is 10. The van der Waals surface area contributed by atoms with Gasteiger partial charge in [0.15, 0.2) is 0 Å². The number of hydrogen-bond acceptors (Lipinski definition) is 3. The summed E-state index contributed by atoms with van der Waals surface area (Å²) < 4.78 is 0. The molecule has 0 amide bonds. The molecule has 0 heterocycles. The third-order valence-corrected chi connectivity index (χ3v) is 3.69. The molecule has 120 valence electrons. The molecule has 2 N–H and O–H groups in total. The highest BCUT2D eigenvalue weighted by Crippen LogP contribution is 2.27. The second-order valence-corrected chi connectivity index (χ2v) is 5.86. The van der Waals surface area contributed by atoms with E-state index >= 15 is 0 Å². The van der Waals surface area contributed by atoms with Gasteiger partial charge in [0.2, 0.25) is 0 Å². The Balaban J connectivity index is 0. The van der Waals surface area contributed by atoms with Crippen molar-refractivity contribution in [1.82, 2.24) is 5.48 Å². The van der Waals surface area contributed by atoms with Crippen molar-refractivity contribution in [2.24, 2.45) is 23.7 Å². The average Bonchev–Trinajstić information content (AvgIpc) is 2.44. The molecule has 0 saturated carbocycles. The summed E-state index contributed by atoms with van der Waals surface area (Å²) in [5.41, 5.74) is 2.07. The number of allylic oxidation sites excluding steroid dienone is 1. The molecular weight excluding hydrogens is 250 g/mol. The van der Waals surface area contributed by atoms with Gasteiger partial charge in [0.25, 0.3) is 0 Å². The summed E-state index contributed by atoms with van der Waals surface area (Å²) in [6, 6.07) is 0. The minimum absolute atomic E-state index is 0.193. The van der Waals surface area contributed by atoms with Gasteiger partial charge in [0.05, 0.1) is 0 Å². The molecule has 0 radical (unpaired) electrons. The summed E-state index contributed by atoms with van der Waals surface area (Å²) in [6.45, 7) is 15.3. The van der Waals surface area contributed by atoms with Crippen LogP contribution in [0.1, 0.15) is 60.3 Å². The van der Waals surface area contributed by atoms with Crippen molar-refractivity contribution in [3.8, 4) is 0 Å². The number of unbranched alkanes of at least 4 members (excludes halogenated alkanes) is 1. The maximum Gasteiger partial charge on any atom is 0.123 e. The van der Waals surface area contributed by atoms with Crippen LogP contribution in [-0.2, 0) is 4.79 Å². The van der Waals surface area contributed by atoms with Crippen molar-refractivity contribution >= 4 is 6.29 Å². The van der Waals surface area contributed by atoms with E-state index in [2.05, 4.69) is 46.7 Å². The lowest BCUT2D eigenvalue weighted by Gasteiger charge is -2.25.